The number of hydrogen-bond acceptors (Lipinski definition) is 4. The molecular weight excluding hydrogens is 314 g/mol. The Labute approximate surface area is 138 Å². The monoisotopic (exact) mass is 339 g/mol. The summed E-state index contributed by atoms with van der Waals surface area (Å²) in [6.45, 7) is 6.13. The van der Waals surface area contributed by atoms with Crippen LogP contribution in [0.4, 0.5) is 5.69 Å². The average molecular weight is 339 g/mol. The van der Waals surface area contributed by atoms with Crippen LogP contribution in [0, 0.1) is 5.92 Å². The van der Waals surface area contributed by atoms with Gasteiger partial charge < -0.3 is 5.32 Å². The summed E-state index contributed by atoms with van der Waals surface area (Å²) in [5.74, 6) is 0.521. The van der Waals surface area contributed by atoms with E-state index in [1.807, 2.05) is 0 Å². The molecule has 1 amide bonds. The first-order valence-corrected chi connectivity index (χ1v) is 9.47. The van der Waals surface area contributed by atoms with E-state index >= 15 is 0 Å². The van der Waals surface area contributed by atoms with Crippen LogP contribution >= 0.6 is 0 Å². The lowest BCUT2D eigenvalue weighted by molar-refractivity contribution is -0.116. The predicted molar refractivity (Wildman–Crippen MR) is 90.5 cm³/mol. The average Bonchev–Trinajstić information content (AvgIpc) is 3.27. The second-order valence-electron chi connectivity index (χ2n) is 6.49. The fraction of sp³-hybridized carbons (Fsp3) is 0.562. The molecule has 1 aliphatic carbocycles. The van der Waals surface area contributed by atoms with Gasteiger partial charge in [-0.25, -0.2) is 13.6 Å². The summed E-state index contributed by atoms with van der Waals surface area (Å²) in [4.78, 5) is 14.5. The van der Waals surface area contributed by atoms with Crippen LogP contribution in [0.25, 0.3) is 0 Å². The molecule has 7 heteroatoms. The number of sulfonamides is 1. The summed E-state index contributed by atoms with van der Waals surface area (Å²) in [7, 11) is -3.70. The minimum Gasteiger partial charge on any atom is -0.326 e. The molecule has 0 saturated heterocycles. The zero-order valence-corrected chi connectivity index (χ0v) is 14.5. The number of hydrogen-bond donors (Lipinski definition) is 2. The highest BCUT2D eigenvalue weighted by Gasteiger charge is 2.29. The van der Waals surface area contributed by atoms with E-state index in [2.05, 4.69) is 24.1 Å². The van der Waals surface area contributed by atoms with Gasteiger partial charge in [0.2, 0.25) is 15.9 Å². The summed E-state index contributed by atoms with van der Waals surface area (Å²) >= 11 is 0. The third kappa shape index (κ3) is 5.93. The van der Waals surface area contributed by atoms with E-state index in [1.165, 1.54) is 25.0 Å². The number of amides is 1. The van der Waals surface area contributed by atoms with Gasteiger partial charge in [-0.2, -0.15) is 0 Å². The zero-order chi connectivity index (χ0) is 17.0. The molecule has 1 aromatic carbocycles. The molecule has 0 atom stereocenters. The van der Waals surface area contributed by atoms with Crippen molar-refractivity contribution >= 4 is 21.6 Å². The highest BCUT2D eigenvalue weighted by Crippen LogP contribution is 2.27. The van der Waals surface area contributed by atoms with Gasteiger partial charge in [0.05, 0.1) is 4.90 Å². The Morgan fingerprint density at radius 1 is 1.30 bits per heavy atom. The molecule has 128 valence electrons. The summed E-state index contributed by atoms with van der Waals surface area (Å²) in [6.07, 6.45) is 2.88. The Bertz CT molecular complexity index is 637. The van der Waals surface area contributed by atoms with Gasteiger partial charge in [0.25, 0.3) is 0 Å². The molecule has 0 aliphatic heterocycles. The molecular formula is C16H25N3O3S. The number of carbonyl (C=O) groups is 1. The van der Waals surface area contributed by atoms with E-state index in [0.717, 1.165) is 13.1 Å². The summed E-state index contributed by atoms with van der Waals surface area (Å²) in [6, 6.07) is 6.51. The maximum absolute atomic E-state index is 12.0. The first-order chi connectivity index (χ1) is 10.8. The number of nitrogens with zero attached hydrogens (tertiary/aromatic N) is 1. The van der Waals surface area contributed by atoms with Crippen molar-refractivity contribution in [1.82, 2.24) is 4.90 Å². The SMILES string of the molecule is CC(C)CN(CCC(=O)Nc1ccc(S(N)(=O)=O)cc1)C1CC1. The van der Waals surface area contributed by atoms with Gasteiger partial charge in [-0.15, -0.1) is 0 Å². The lowest BCUT2D eigenvalue weighted by Gasteiger charge is -2.23. The molecule has 2 rings (SSSR count). The highest BCUT2D eigenvalue weighted by atomic mass is 32.2. The number of nitrogens with two attached hydrogens (primary N) is 1. The van der Waals surface area contributed by atoms with Crippen LogP contribution in [0.15, 0.2) is 29.2 Å². The van der Waals surface area contributed by atoms with Gasteiger partial charge in [0, 0.05) is 31.2 Å². The fourth-order valence-corrected chi connectivity index (χ4v) is 3.04. The van der Waals surface area contributed by atoms with E-state index in [0.29, 0.717) is 24.1 Å². The highest BCUT2D eigenvalue weighted by molar-refractivity contribution is 7.89. The molecule has 23 heavy (non-hydrogen) atoms. The smallest absolute Gasteiger partial charge is 0.238 e. The van der Waals surface area contributed by atoms with Crippen LogP contribution in [-0.2, 0) is 14.8 Å². The molecule has 0 radical (unpaired) electrons. The van der Waals surface area contributed by atoms with E-state index < -0.39 is 10.0 Å². The second-order valence-corrected chi connectivity index (χ2v) is 8.05. The van der Waals surface area contributed by atoms with Crippen LogP contribution in [0.2, 0.25) is 0 Å². The van der Waals surface area contributed by atoms with Crippen molar-refractivity contribution in [1.29, 1.82) is 0 Å². The number of rotatable bonds is 8. The molecule has 3 N–H and O–H groups in total. The molecule has 1 aliphatic rings. The minimum atomic E-state index is -3.70. The Hall–Kier alpha value is -1.44. The van der Waals surface area contributed by atoms with Crippen LogP contribution < -0.4 is 10.5 Å². The van der Waals surface area contributed by atoms with Gasteiger partial charge >= 0.3 is 0 Å². The van der Waals surface area contributed by atoms with Crippen molar-refractivity contribution < 1.29 is 13.2 Å². The minimum absolute atomic E-state index is 0.0346. The maximum atomic E-state index is 12.0. The predicted octanol–water partition coefficient (Wildman–Crippen LogP) is 1.78. The first kappa shape index (κ1) is 17.9. The van der Waals surface area contributed by atoms with Gasteiger partial charge in [-0.05, 0) is 43.0 Å². The summed E-state index contributed by atoms with van der Waals surface area (Å²) in [5, 5.41) is 7.83. The van der Waals surface area contributed by atoms with E-state index in [1.54, 1.807) is 12.1 Å². The van der Waals surface area contributed by atoms with Crippen LogP contribution in [-0.4, -0.2) is 38.4 Å². The van der Waals surface area contributed by atoms with Crippen molar-refractivity contribution in [2.75, 3.05) is 18.4 Å². The molecule has 0 spiro atoms. The van der Waals surface area contributed by atoms with E-state index in [9.17, 15) is 13.2 Å². The van der Waals surface area contributed by atoms with E-state index in [-0.39, 0.29) is 10.8 Å². The van der Waals surface area contributed by atoms with Gasteiger partial charge in [-0.3, -0.25) is 9.69 Å². The molecule has 1 aromatic rings. The summed E-state index contributed by atoms with van der Waals surface area (Å²) < 4.78 is 22.4. The molecule has 0 unspecified atom stereocenters. The normalized spacial score (nSPS) is 15.2. The number of carbonyl (C=O) groups excluding carboxylic acids is 1. The van der Waals surface area contributed by atoms with Crippen molar-refractivity contribution in [3.63, 3.8) is 0 Å². The fourth-order valence-electron chi connectivity index (χ4n) is 2.53. The molecule has 0 heterocycles. The number of nitrogens with one attached hydrogen (secondary N) is 1. The number of anilines is 1. The lowest BCUT2D eigenvalue weighted by atomic mass is 10.2. The third-order valence-electron chi connectivity index (χ3n) is 3.76. The molecule has 0 aromatic heterocycles. The molecule has 1 saturated carbocycles. The van der Waals surface area contributed by atoms with Gasteiger partial charge in [-0.1, -0.05) is 13.8 Å². The van der Waals surface area contributed by atoms with Gasteiger partial charge in [0.15, 0.2) is 0 Å². The van der Waals surface area contributed by atoms with Crippen LogP contribution in [0.3, 0.4) is 0 Å². The van der Waals surface area contributed by atoms with Gasteiger partial charge in [0.1, 0.15) is 0 Å². The Kier molecular flexibility index (Phi) is 5.78. The Morgan fingerprint density at radius 2 is 1.91 bits per heavy atom. The van der Waals surface area contributed by atoms with Crippen LogP contribution in [0.5, 0.6) is 0 Å². The second kappa shape index (κ2) is 7.42. The van der Waals surface area contributed by atoms with Crippen LogP contribution in [0.1, 0.15) is 33.1 Å². The Balaban J connectivity index is 1.84. The zero-order valence-electron chi connectivity index (χ0n) is 13.7. The summed E-state index contributed by atoms with van der Waals surface area (Å²) in [5.41, 5.74) is 0.573. The maximum Gasteiger partial charge on any atom is 0.238 e. The third-order valence-corrected chi connectivity index (χ3v) is 4.68. The van der Waals surface area contributed by atoms with Crippen molar-refractivity contribution in [3.05, 3.63) is 24.3 Å². The number of benzene rings is 1. The van der Waals surface area contributed by atoms with Crippen molar-refractivity contribution in [2.45, 2.75) is 44.0 Å². The lowest BCUT2D eigenvalue weighted by Crippen LogP contribution is -2.33. The first-order valence-electron chi connectivity index (χ1n) is 7.92. The Morgan fingerprint density at radius 3 is 2.39 bits per heavy atom. The van der Waals surface area contributed by atoms with Crippen molar-refractivity contribution in [3.8, 4) is 0 Å². The largest absolute Gasteiger partial charge is 0.326 e. The van der Waals surface area contributed by atoms with E-state index in [4.69, 9.17) is 5.14 Å². The van der Waals surface area contributed by atoms with Crippen molar-refractivity contribution in [2.24, 2.45) is 11.1 Å². The quantitative estimate of drug-likeness (QED) is 0.755. The number of primary sulfonamides is 1. The topological polar surface area (TPSA) is 92.5 Å². The molecule has 0 bridgehead atoms. The molecule has 1 fully saturated rings. The standard InChI is InChI=1S/C16H25N3O3S/c1-12(2)11-19(14-5-6-14)10-9-16(20)18-13-3-7-15(8-4-13)23(17,21)22/h3-4,7-8,12,14H,5-6,9-11H2,1-2H3,(H,18,20)(H2,17,21,22). The molecule has 6 nitrogen and oxygen atoms in total.